The highest BCUT2D eigenvalue weighted by Gasteiger charge is 2.53. The zero-order valence-corrected chi connectivity index (χ0v) is 19.9. The van der Waals surface area contributed by atoms with Gasteiger partial charge in [-0.2, -0.15) is 0 Å². The Morgan fingerprint density at radius 1 is 1.09 bits per heavy atom. The van der Waals surface area contributed by atoms with E-state index in [0.717, 1.165) is 41.1 Å². The van der Waals surface area contributed by atoms with Crippen molar-refractivity contribution in [2.24, 2.45) is 23.2 Å². The van der Waals surface area contributed by atoms with Gasteiger partial charge in [-0.1, -0.05) is 49.7 Å². The summed E-state index contributed by atoms with van der Waals surface area (Å²) < 4.78 is 18.1. The Hall–Kier alpha value is -2.08. The summed E-state index contributed by atoms with van der Waals surface area (Å²) in [5, 5.41) is 15.7. The van der Waals surface area contributed by atoms with E-state index in [2.05, 4.69) is 19.1 Å². The Balaban J connectivity index is 1.32. The molecule has 3 fully saturated rings. The first-order valence-corrected chi connectivity index (χ1v) is 12.3. The SMILES string of the molecule is COc1ccc(C2C[N]C(OCc3ccccc3)C2(C)[C@@H](C)O)cc1OCC1C2CCCC21. The molecule has 1 aliphatic heterocycles. The van der Waals surface area contributed by atoms with Crippen LogP contribution < -0.4 is 14.8 Å². The third-order valence-corrected chi connectivity index (χ3v) is 8.49. The summed E-state index contributed by atoms with van der Waals surface area (Å²) in [6.07, 6.45) is 3.14. The van der Waals surface area contributed by atoms with Gasteiger partial charge in [0, 0.05) is 17.9 Å². The van der Waals surface area contributed by atoms with Crippen LogP contribution >= 0.6 is 0 Å². The molecule has 2 aromatic rings. The third-order valence-electron chi connectivity index (χ3n) is 8.49. The molecule has 0 amide bonds. The van der Waals surface area contributed by atoms with Crippen molar-refractivity contribution in [3.05, 3.63) is 59.7 Å². The van der Waals surface area contributed by atoms with Gasteiger partial charge in [0.05, 0.1) is 26.4 Å². The van der Waals surface area contributed by atoms with Crippen LogP contribution in [-0.2, 0) is 11.3 Å². The number of aliphatic hydroxyl groups excluding tert-OH is 1. The fourth-order valence-corrected chi connectivity index (χ4v) is 6.14. The Bertz CT molecular complexity index is 938. The van der Waals surface area contributed by atoms with Gasteiger partial charge in [0.25, 0.3) is 0 Å². The molecule has 33 heavy (non-hydrogen) atoms. The van der Waals surface area contributed by atoms with Gasteiger partial charge in [0.1, 0.15) is 6.23 Å². The summed E-state index contributed by atoms with van der Waals surface area (Å²) in [6.45, 7) is 5.79. The fourth-order valence-electron chi connectivity index (χ4n) is 6.14. The molecule has 5 nitrogen and oxygen atoms in total. The quantitative estimate of drug-likeness (QED) is 0.599. The first-order valence-electron chi connectivity index (χ1n) is 12.3. The van der Waals surface area contributed by atoms with Crippen molar-refractivity contribution in [1.82, 2.24) is 5.32 Å². The maximum atomic E-state index is 10.9. The lowest BCUT2D eigenvalue weighted by Gasteiger charge is -2.38. The standard InChI is InChI=1S/C28H36NO4/c1-18(30)28(2)24(15-29-27(28)33-16-19-8-5-4-6-9-19)20-12-13-25(31-3)26(14-20)32-17-23-21-10-7-11-22(21)23/h4-6,8-9,12-14,18,21-24,27,30H,7,10-11,15-17H2,1-3H3/t18-,21?,22?,23?,24?,27?,28?/m1/s1. The van der Waals surface area contributed by atoms with Crippen molar-refractivity contribution < 1.29 is 19.3 Å². The minimum absolute atomic E-state index is 0.0341. The van der Waals surface area contributed by atoms with Gasteiger partial charge in [0.15, 0.2) is 11.5 Å². The lowest BCUT2D eigenvalue weighted by molar-refractivity contribution is -0.0930. The van der Waals surface area contributed by atoms with E-state index in [1.807, 2.05) is 43.3 Å². The number of benzene rings is 2. The third kappa shape index (κ3) is 4.27. The number of methoxy groups -OCH3 is 1. The summed E-state index contributed by atoms with van der Waals surface area (Å²) >= 11 is 0. The Kier molecular flexibility index (Phi) is 6.39. The van der Waals surface area contributed by atoms with Gasteiger partial charge < -0.3 is 19.3 Å². The van der Waals surface area contributed by atoms with E-state index in [1.165, 1.54) is 19.3 Å². The van der Waals surface area contributed by atoms with E-state index in [0.29, 0.717) is 19.1 Å². The minimum atomic E-state index is -0.577. The molecule has 1 heterocycles. The summed E-state index contributed by atoms with van der Waals surface area (Å²) in [6, 6.07) is 16.3. The predicted molar refractivity (Wildman–Crippen MR) is 127 cm³/mol. The van der Waals surface area contributed by atoms with Crippen LogP contribution in [0.4, 0.5) is 0 Å². The molecule has 1 saturated heterocycles. The largest absolute Gasteiger partial charge is 0.493 e. The molecular weight excluding hydrogens is 414 g/mol. The number of hydrogen-bond acceptors (Lipinski definition) is 4. The molecule has 1 radical (unpaired) electrons. The molecule has 0 aromatic heterocycles. The van der Waals surface area contributed by atoms with Crippen LogP contribution in [0.25, 0.3) is 0 Å². The molecule has 2 saturated carbocycles. The van der Waals surface area contributed by atoms with Crippen LogP contribution in [0.2, 0.25) is 0 Å². The van der Waals surface area contributed by atoms with Gasteiger partial charge in [-0.05, 0) is 60.8 Å². The van der Waals surface area contributed by atoms with Crippen LogP contribution in [0.3, 0.4) is 0 Å². The molecule has 5 rings (SSSR count). The van der Waals surface area contributed by atoms with Gasteiger partial charge in [-0.25, -0.2) is 5.32 Å². The molecule has 1 N–H and O–H groups in total. The lowest BCUT2D eigenvalue weighted by atomic mass is 9.71. The topological polar surface area (TPSA) is 62.0 Å². The lowest BCUT2D eigenvalue weighted by Crippen LogP contribution is -2.44. The summed E-state index contributed by atoms with van der Waals surface area (Å²) in [5.74, 6) is 4.03. The summed E-state index contributed by atoms with van der Waals surface area (Å²) in [5.41, 5.74) is 1.68. The maximum Gasteiger partial charge on any atom is 0.161 e. The van der Waals surface area contributed by atoms with E-state index in [4.69, 9.17) is 19.5 Å². The van der Waals surface area contributed by atoms with Crippen molar-refractivity contribution in [2.45, 2.75) is 58.0 Å². The monoisotopic (exact) mass is 450 g/mol. The first-order chi connectivity index (χ1) is 16.0. The Labute approximate surface area is 197 Å². The molecule has 177 valence electrons. The van der Waals surface area contributed by atoms with Gasteiger partial charge in [0.2, 0.25) is 0 Å². The number of fused-ring (bicyclic) bond motifs is 1. The molecule has 2 aromatic carbocycles. The number of aliphatic hydroxyl groups is 1. The normalized spacial score (nSPS) is 33.5. The van der Waals surface area contributed by atoms with Crippen LogP contribution in [-0.4, -0.2) is 37.7 Å². The van der Waals surface area contributed by atoms with Crippen molar-refractivity contribution in [1.29, 1.82) is 0 Å². The van der Waals surface area contributed by atoms with Gasteiger partial charge in [-0.3, -0.25) is 0 Å². The van der Waals surface area contributed by atoms with E-state index >= 15 is 0 Å². The van der Waals surface area contributed by atoms with Crippen molar-refractivity contribution in [3.63, 3.8) is 0 Å². The summed E-state index contributed by atoms with van der Waals surface area (Å²) in [4.78, 5) is 0. The average Bonchev–Trinajstić information content (AvgIpc) is 3.13. The highest BCUT2D eigenvalue weighted by Crippen LogP contribution is 2.57. The van der Waals surface area contributed by atoms with E-state index < -0.39 is 11.5 Å². The molecule has 5 heteroatoms. The smallest absolute Gasteiger partial charge is 0.161 e. The number of nitrogens with zero attached hydrogens (tertiary/aromatic N) is 1. The molecule has 6 atom stereocenters. The first kappa shape index (κ1) is 22.7. The van der Waals surface area contributed by atoms with Crippen molar-refractivity contribution >= 4 is 0 Å². The van der Waals surface area contributed by atoms with Crippen molar-refractivity contribution in [2.75, 3.05) is 20.3 Å². The molecule has 2 aliphatic carbocycles. The molecule has 0 spiro atoms. The minimum Gasteiger partial charge on any atom is -0.493 e. The van der Waals surface area contributed by atoms with E-state index in [9.17, 15) is 5.11 Å². The second-order valence-corrected chi connectivity index (χ2v) is 10.3. The zero-order chi connectivity index (χ0) is 23.0. The van der Waals surface area contributed by atoms with Crippen LogP contribution in [0, 0.1) is 23.2 Å². The molecule has 3 aliphatic rings. The Morgan fingerprint density at radius 2 is 1.85 bits per heavy atom. The predicted octanol–water partition coefficient (Wildman–Crippen LogP) is 4.75. The maximum absolute atomic E-state index is 10.9. The highest BCUT2D eigenvalue weighted by molar-refractivity contribution is 5.45. The van der Waals surface area contributed by atoms with Crippen LogP contribution in [0.15, 0.2) is 48.5 Å². The van der Waals surface area contributed by atoms with Crippen molar-refractivity contribution in [3.8, 4) is 11.5 Å². The number of rotatable bonds is 9. The molecule has 0 bridgehead atoms. The van der Waals surface area contributed by atoms with Gasteiger partial charge >= 0.3 is 0 Å². The number of ether oxygens (including phenoxy) is 3. The Morgan fingerprint density at radius 3 is 2.55 bits per heavy atom. The fraction of sp³-hybridized carbons (Fsp3) is 0.571. The van der Waals surface area contributed by atoms with Crippen LogP contribution in [0.5, 0.6) is 11.5 Å². The second kappa shape index (κ2) is 9.28. The second-order valence-electron chi connectivity index (χ2n) is 10.3. The zero-order valence-electron chi connectivity index (χ0n) is 19.9. The average molecular weight is 451 g/mol. The van der Waals surface area contributed by atoms with Crippen LogP contribution in [0.1, 0.15) is 50.2 Å². The van der Waals surface area contributed by atoms with Gasteiger partial charge in [-0.15, -0.1) is 0 Å². The summed E-state index contributed by atoms with van der Waals surface area (Å²) in [7, 11) is 1.69. The van der Waals surface area contributed by atoms with E-state index in [1.54, 1.807) is 7.11 Å². The van der Waals surface area contributed by atoms with E-state index in [-0.39, 0.29) is 12.1 Å². The molecule has 5 unspecified atom stereocenters. The molecular formula is C28H36NO4. The highest BCUT2D eigenvalue weighted by atomic mass is 16.5. The number of hydrogen-bond donors (Lipinski definition) is 1.